The molecule has 3 aliphatic rings. The number of amides is 1. The summed E-state index contributed by atoms with van der Waals surface area (Å²) in [5.74, 6) is 0.246. The third-order valence-corrected chi connectivity index (χ3v) is 6.86. The van der Waals surface area contributed by atoms with E-state index in [1.54, 1.807) is 0 Å². The van der Waals surface area contributed by atoms with Gasteiger partial charge in [0.25, 0.3) is 0 Å². The van der Waals surface area contributed by atoms with E-state index in [0.29, 0.717) is 6.61 Å². The van der Waals surface area contributed by atoms with Crippen LogP contribution in [-0.4, -0.2) is 28.9 Å². The highest BCUT2D eigenvalue weighted by Crippen LogP contribution is 2.39. The van der Waals surface area contributed by atoms with Crippen LogP contribution in [0.2, 0.25) is 0 Å². The Kier molecular flexibility index (Phi) is 5.16. The fourth-order valence-electron chi connectivity index (χ4n) is 5.43. The number of Topliss-reactive ketones (excluding diaryl/α,β-unsaturated/α-hetero) is 1. The zero-order chi connectivity index (χ0) is 20.5. The Balaban J connectivity index is 1.29. The molecule has 2 saturated heterocycles. The number of rotatable bonds is 4. The lowest BCUT2D eigenvalue weighted by Gasteiger charge is -2.47. The molecule has 2 aliphatic heterocycles. The molecule has 1 aliphatic carbocycles. The molecule has 2 bridgehead atoms. The molecule has 30 heavy (non-hydrogen) atoms. The summed E-state index contributed by atoms with van der Waals surface area (Å²) in [7, 11) is 0. The molecule has 5 rings (SSSR count). The van der Waals surface area contributed by atoms with Crippen LogP contribution < -0.4 is 0 Å². The Morgan fingerprint density at radius 2 is 1.73 bits per heavy atom. The van der Waals surface area contributed by atoms with Gasteiger partial charge in [0.05, 0.1) is 0 Å². The molecular formula is C26H27NO3. The van der Waals surface area contributed by atoms with Crippen LogP contribution in [0.4, 0.5) is 4.79 Å². The van der Waals surface area contributed by atoms with Crippen molar-refractivity contribution in [1.82, 2.24) is 4.90 Å². The first-order valence-electron chi connectivity index (χ1n) is 11.0. The van der Waals surface area contributed by atoms with Crippen molar-refractivity contribution >= 4 is 18.0 Å². The molecule has 2 atom stereocenters. The first-order valence-corrected chi connectivity index (χ1v) is 11.0. The van der Waals surface area contributed by atoms with E-state index in [9.17, 15) is 9.59 Å². The molecule has 4 heteroatoms. The van der Waals surface area contributed by atoms with Crippen LogP contribution >= 0.6 is 0 Å². The summed E-state index contributed by atoms with van der Waals surface area (Å²) in [4.78, 5) is 28.2. The van der Waals surface area contributed by atoms with Crippen LogP contribution in [0.25, 0.3) is 6.08 Å². The average Bonchev–Trinajstić information content (AvgIpc) is 3.26. The van der Waals surface area contributed by atoms with Gasteiger partial charge in [-0.25, -0.2) is 4.79 Å². The molecule has 0 saturated carbocycles. The number of nitrogens with zero attached hydrogens (tertiary/aromatic N) is 1. The number of piperidine rings is 2. The van der Waals surface area contributed by atoms with Crippen molar-refractivity contribution in [1.29, 1.82) is 0 Å². The van der Waals surface area contributed by atoms with E-state index >= 15 is 0 Å². The number of allylic oxidation sites excluding steroid dienone is 1. The quantitative estimate of drug-likeness (QED) is 0.644. The predicted octanol–water partition coefficient (Wildman–Crippen LogP) is 5.41. The standard InChI is InChI=1S/C26H27NO3/c28-25(24-14-5-10-19-9-4-13-23(19)24)20-15-21-11-6-12-22(16-20)27(21)26(29)30-17-18-7-2-1-3-8-18/h1-5,7-10,14,20-22H,6,11-13,15-17H2. The van der Waals surface area contributed by atoms with Crippen molar-refractivity contribution in [2.75, 3.05) is 0 Å². The highest BCUT2D eigenvalue weighted by molar-refractivity contribution is 6.00. The topological polar surface area (TPSA) is 46.6 Å². The molecule has 2 unspecified atom stereocenters. The highest BCUT2D eigenvalue weighted by Gasteiger charge is 2.44. The Morgan fingerprint density at radius 1 is 0.967 bits per heavy atom. The number of benzene rings is 2. The van der Waals surface area contributed by atoms with Crippen LogP contribution in [0.5, 0.6) is 0 Å². The van der Waals surface area contributed by atoms with Crippen molar-refractivity contribution in [3.05, 3.63) is 76.9 Å². The van der Waals surface area contributed by atoms with Crippen molar-refractivity contribution < 1.29 is 14.3 Å². The summed E-state index contributed by atoms with van der Waals surface area (Å²) in [6.07, 6.45) is 9.35. The molecule has 4 nitrogen and oxygen atoms in total. The third kappa shape index (κ3) is 3.55. The monoisotopic (exact) mass is 401 g/mol. The zero-order valence-corrected chi connectivity index (χ0v) is 17.1. The second kappa shape index (κ2) is 8.10. The van der Waals surface area contributed by atoms with Crippen molar-refractivity contribution in [2.45, 2.75) is 57.2 Å². The SMILES string of the molecule is O=C(c1cccc2c1CC=C2)C1CC2CCCC(C1)N2C(=O)OCc1ccccc1. The Labute approximate surface area is 177 Å². The smallest absolute Gasteiger partial charge is 0.410 e. The summed E-state index contributed by atoms with van der Waals surface area (Å²) < 4.78 is 5.64. The number of ether oxygens (including phenoxy) is 1. The minimum absolute atomic E-state index is 0.00873. The van der Waals surface area contributed by atoms with E-state index < -0.39 is 0 Å². The summed E-state index contributed by atoms with van der Waals surface area (Å²) in [6, 6.07) is 16.0. The molecule has 0 N–H and O–H groups in total. The van der Waals surface area contributed by atoms with Gasteiger partial charge in [0.2, 0.25) is 0 Å². The van der Waals surface area contributed by atoms with Crippen molar-refractivity contribution in [3.63, 3.8) is 0 Å². The number of hydrogen-bond donors (Lipinski definition) is 0. The van der Waals surface area contributed by atoms with E-state index in [1.807, 2.05) is 47.4 Å². The lowest BCUT2D eigenvalue weighted by molar-refractivity contribution is 0.00471. The minimum atomic E-state index is -0.232. The lowest BCUT2D eigenvalue weighted by Crippen LogP contribution is -2.55. The molecule has 0 spiro atoms. The van der Waals surface area contributed by atoms with Crippen molar-refractivity contribution in [2.24, 2.45) is 5.92 Å². The van der Waals surface area contributed by atoms with Crippen LogP contribution in [0, 0.1) is 5.92 Å². The highest BCUT2D eigenvalue weighted by atomic mass is 16.6. The summed E-state index contributed by atoms with van der Waals surface area (Å²) in [5, 5.41) is 0. The predicted molar refractivity (Wildman–Crippen MR) is 116 cm³/mol. The Hall–Kier alpha value is -2.88. The number of fused-ring (bicyclic) bond motifs is 3. The van der Waals surface area contributed by atoms with Gasteiger partial charge in [0.15, 0.2) is 5.78 Å². The van der Waals surface area contributed by atoms with Crippen LogP contribution in [0.1, 0.15) is 59.2 Å². The number of carbonyl (C=O) groups is 2. The second-order valence-corrected chi connectivity index (χ2v) is 8.70. The summed E-state index contributed by atoms with van der Waals surface area (Å²) in [6.45, 7) is 0.293. The van der Waals surface area contributed by atoms with Gasteiger partial charge in [-0.05, 0) is 55.2 Å². The van der Waals surface area contributed by atoms with E-state index in [4.69, 9.17) is 4.74 Å². The first kappa shape index (κ1) is 19.1. The van der Waals surface area contributed by atoms with Crippen LogP contribution in [-0.2, 0) is 17.8 Å². The minimum Gasteiger partial charge on any atom is -0.445 e. The van der Waals surface area contributed by atoms with Gasteiger partial charge in [-0.1, -0.05) is 60.7 Å². The van der Waals surface area contributed by atoms with Crippen molar-refractivity contribution in [3.8, 4) is 0 Å². The van der Waals surface area contributed by atoms with Gasteiger partial charge in [-0.2, -0.15) is 0 Å². The second-order valence-electron chi connectivity index (χ2n) is 8.70. The number of ketones is 1. The average molecular weight is 402 g/mol. The maximum atomic E-state index is 13.4. The van der Waals surface area contributed by atoms with Gasteiger partial charge in [-0.15, -0.1) is 0 Å². The summed E-state index contributed by atoms with van der Waals surface area (Å²) in [5.41, 5.74) is 4.20. The van der Waals surface area contributed by atoms with E-state index in [0.717, 1.165) is 55.2 Å². The largest absolute Gasteiger partial charge is 0.445 e. The molecule has 0 aromatic heterocycles. The maximum absolute atomic E-state index is 13.4. The van der Waals surface area contributed by atoms with Gasteiger partial charge < -0.3 is 9.64 Å². The van der Waals surface area contributed by atoms with Gasteiger partial charge in [0.1, 0.15) is 6.61 Å². The van der Waals surface area contributed by atoms with Crippen LogP contribution in [0.3, 0.4) is 0 Å². The van der Waals surface area contributed by atoms with Gasteiger partial charge in [-0.3, -0.25) is 4.79 Å². The molecule has 0 radical (unpaired) electrons. The van der Waals surface area contributed by atoms with E-state index in [2.05, 4.69) is 18.2 Å². The number of carbonyl (C=O) groups excluding carboxylic acids is 2. The Bertz CT molecular complexity index is 967. The molecule has 2 fully saturated rings. The molecule has 2 aromatic rings. The van der Waals surface area contributed by atoms with Crippen LogP contribution in [0.15, 0.2) is 54.6 Å². The van der Waals surface area contributed by atoms with Gasteiger partial charge >= 0.3 is 6.09 Å². The zero-order valence-electron chi connectivity index (χ0n) is 17.1. The molecule has 154 valence electrons. The van der Waals surface area contributed by atoms with E-state index in [1.165, 1.54) is 5.56 Å². The molecule has 2 heterocycles. The molecule has 2 aromatic carbocycles. The van der Waals surface area contributed by atoms with E-state index in [-0.39, 0.29) is 29.9 Å². The normalized spacial score (nSPS) is 24.4. The number of hydrogen-bond acceptors (Lipinski definition) is 3. The van der Waals surface area contributed by atoms with Gasteiger partial charge in [0, 0.05) is 23.6 Å². The fraction of sp³-hybridized carbons (Fsp3) is 0.385. The molecule has 1 amide bonds. The lowest BCUT2D eigenvalue weighted by atomic mass is 9.75. The third-order valence-electron chi connectivity index (χ3n) is 6.86. The Morgan fingerprint density at radius 3 is 2.50 bits per heavy atom. The first-order chi connectivity index (χ1) is 14.7. The summed E-state index contributed by atoms with van der Waals surface area (Å²) >= 11 is 0. The fourth-order valence-corrected chi connectivity index (χ4v) is 5.43. The maximum Gasteiger partial charge on any atom is 0.410 e. The molecular weight excluding hydrogens is 374 g/mol.